The van der Waals surface area contributed by atoms with Crippen LogP contribution < -0.4 is 9.47 Å². The molecule has 0 bridgehead atoms. The maximum absolute atomic E-state index is 10.8. The van der Waals surface area contributed by atoms with E-state index in [1.807, 2.05) is 55.5 Å². The number of benzene rings is 3. The van der Waals surface area contributed by atoms with E-state index in [0.29, 0.717) is 11.5 Å². The Bertz CT molecular complexity index is 943. The van der Waals surface area contributed by atoms with Gasteiger partial charge in [-0.15, -0.1) is 0 Å². The van der Waals surface area contributed by atoms with E-state index in [4.69, 9.17) is 14.2 Å². The summed E-state index contributed by atoms with van der Waals surface area (Å²) in [6, 6.07) is 17.0. The molecule has 1 aliphatic rings. The monoisotopic (exact) mass is 352 g/mol. The van der Waals surface area contributed by atoms with E-state index in [1.54, 1.807) is 13.2 Å². The van der Waals surface area contributed by atoms with Gasteiger partial charge in [-0.1, -0.05) is 42.5 Å². The first-order chi connectivity index (χ1) is 12.5. The molecule has 0 fully saturated rings. The summed E-state index contributed by atoms with van der Waals surface area (Å²) in [5, 5.41) is 11.4. The molecule has 0 aliphatic carbocycles. The number of carbonyl (C=O) groups excluding carboxylic acids is 1. The van der Waals surface area contributed by atoms with Crippen LogP contribution in [0.4, 0.5) is 0 Å². The van der Waals surface area contributed by atoms with Crippen molar-refractivity contribution in [2.24, 2.45) is 0 Å². The van der Waals surface area contributed by atoms with Crippen LogP contribution in [0.25, 0.3) is 10.8 Å². The summed E-state index contributed by atoms with van der Waals surface area (Å²) in [6.45, 7) is 3.28. The number of hydrogen-bond acceptors (Lipinski definition) is 5. The molecule has 1 N–H and O–H groups in total. The minimum atomic E-state index is -0.618. The van der Waals surface area contributed by atoms with Gasteiger partial charge in [0, 0.05) is 12.3 Å². The smallest absolute Gasteiger partial charge is 0.305 e. The Hall–Kier alpha value is -3.21. The van der Waals surface area contributed by atoms with Crippen LogP contribution in [-0.2, 0) is 9.53 Å². The molecule has 3 aromatic rings. The van der Waals surface area contributed by atoms with Crippen molar-refractivity contribution in [3.63, 3.8) is 0 Å². The third kappa shape index (κ3) is 3.42. The van der Waals surface area contributed by atoms with Crippen LogP contribution in [-0.4, -0.2) is 18.2 Å². The molecule has 1 unspecified atom stereocenters. The molecule has 4 rings (SSSR count). The van der Waals surface area contributed by atoms with Gasteiger partial charge in [-0.05, 0) is 30.0 Å². The van der Waals surface area contributed by atoms with E-state index >= 15 is 0 Å². The van der Waals surface area contributed by atoms with Gasteiger partial charge in [-0.3, -0.25) is 4.79 Å². The number of aryl methyl sites for hydroxylation is 1. The Balaban J connectivity index is 0.000000158. The molecule has 1 heterocycles. The molecule has 0 radical (unpaired) electrons. The Morgan fingerprint density at radius 1 is 1.08 bits per heavy atom. The predicted octanol–water partition coefficient (Wildman–Crippen LogP) is 4.50. The lowest BCUT2D eigenvalue weighted by Gasteiger charge is -2.31. The van der Waals surface area contributed by atoms with Gasteiger partial charge in [0.2, 0.25) is 0 Å². The molecule has 0 saturated carbocycles. The van der Waals surface area contributed by atoms with E-state index in [-0.39, 0.29) is 5.97 Å². The van der Waals surface area contributed by atoms with Crippen molar-refractivity contribution in [2.45, 2.75) is 20.1 Å². The van der Waals surface area contributed by atoms with Gasteiger partial charge in [-0.25, -0.2) is 0 Å². The number of phenols is 1. The average molecular weight is 352 g/mol. The summed E-state index contributed by atoms with van der Waals surface area (Å²) in [7, 11) is 1.59. The van der Waals surface area contributed by atoms with Crippen molar-refractivity contribution in [1.29, 1.82) is 0 Å². The van der Waals surface area contributed by atoms with Crippen molar-refractivity contribution in [2.75, 3.05) is 7.11 Å². The second-order valence-electron chi connectivity index (χ2n) is 5.89. The minimum absolute atomic E-state index is 0.350. The number of carbonyl (C=O) groups is 1. The van der Waals surface area contributed by atoms with Gasteiger partial charge in [0.25, 0.3) is 6.29 Å². The Labute approximate surface area is 151 Å². The zero-order chi connectivity index (χ0) is 18.7. The second-order valence-corrected chi connectivity index (χ2v) is 5.89. The molecule has 0 saturated heterocycles. The fourth-order valence-electron chi connectivity index (χ4n) is 2.85. The SMILES string of the molecule is COc1c(C)ccc2c1C(OC(C)=O)O2.Oc1cccc2ccccc12. The highest BCUT2D eigenvalue weighted by atomic mass is 16.7. The van der Waals surface area contributed by atoms with Gasteiger partial charge in [0.15, 0.2) is 0 Å². The highest BCUT2D eigenvalue weighted by Gasteiger charge is 2.35. The zero-order valence-electron chi connectivity index (χ0n) is 14.9. The minimum Gasteiger partial charge on any atom is -0.507 e. The van der Waals surface area contributed by atoms with Crippen molar-refractivity contribution in [1.82, 2.24) is 0 Å². The fourth-order valence-corrected chi connectivity index (χ4v) is 2.85. The molecule has 3 aromatic carbocycles. The fraction of sp³-hybridized carbons (Fsp3) is 0.190. The van der Waals surface area contributed by atoms with Gasteiger partial charge < -0.3 is 19.3 Å². The number of ether oxygens (including phenoxy) is 3. The standard InChI is InChI=1S/C11H12O4.C10H8O/c1-6-4-5-8-9(10(6)13-3)11(15-8)14-7(2)12;11-10-7-3-5-8-4-1-2-6-9(8)10/h4-5,11H,1-3H3;1-7,11H. The first-order valence-corrected chi connectivity index (χ1v) is 8.19. The highest BCUT2D eigenvalue weighted by Crippen LogP contribution is 2.47. The molecule has 1 aliphatic heterocycles. The molecule has 0 aromatic heterocycles. The van der Waals surface area contributed by atoms with E-state index in [9.17, 15) is 9.90 Å². The number of rotatable bonds is 2. The van der Waals surface area contributed by atoms with Crippen LogP contribution >= 0.6 is 0 Å². The molecule has 1 atom stereocenters. The molecule has 5 heteroatoms. The molecule has 26 heavy (non-hydrogen) atoms. The maximum atomic E-state index is 10.8. The van der Waals surface area contributed by atoms with Crippen molar-refractivity contribution >= 4 is 16.7 Å². The summed E-state index contributed by atoms with van der Waals surface area (Å²) in [5.41, 5.74) is 1.81. The quantitative estimate of drug-likeness (QED) is 0.688. The first kappa shape index (κ1) is 17.6. The lowest BCUT2D eigenvalue weighted by molar-refractivity contribution is -0.169. The Morgan fingerprint density at radius 3 is 2.50 bits per heavy atom. The van der Waals surface area contributed by atoms with E-state index in [2.05, 4.69) is 0 Å². The van der Waals surface area contributed by atoms with Crippen LogP contribution in [0.15, 0.2) is 54.6 Å². The highest BCUT2D eigenvalue weighted by molar-refractivity contribution is 5.87. The summed E-state index contributed by atoms with van der Waals surface area (Å²) < 4.78 is 15.5. The first-order valence-electron chi connectivity index (χ1n) is 8.19. The van der Waals surface area contributed by atoms with Crippen molar-refractivity contribution in [3.8, 4) is 17.2 Å². The van der Waals surface area contributed by atoms with Gasteiger partial charge in [0.05, 0.1) is 7.11 Å². The molecule has 0 spiro atoms. The van der Waals surface area contributed by atoms with Crippen LogP contribution in [0.3, 0.4) is 0 Å². The second kappa shape index (κ2) is 7.35. The van der Waals surface area contributed by atoms with Crippen molar-refractivity contribution < 1.29 is 24.1 Å². The maximum Gasteiger partial charge on any atom is 0.305 e. The molecular formula is C21H20O5. The number of methoxy groups -OCH3 is 1. The Kier molecular flexibility index (Phi) is 4.98. The predicted molar refractivity (Wildman–Crippen MR) is 98.5 cm³/mol. The third-order valence-electron chi connectivity index (χ3n) is 4.07. The number of aromatic hydroxyl groups is 1. The number of esters is 1. The summed E-state index contributed by atoms with van der Waals surface area (Å²) in [6.07, 6.45) is -0.618. The third-order valence-corrected chi connectivity index (χ3v) is 4.07. The van der Waals surface area contributed by atoms with Crippen LogP contribution in [0.5, 0.6) is 17.2 Å². The summed E-state index contributed by atoms with van der Waals surface area (Å²) in [4.78, 5) is 10.8. The van der Waals surface area contributed by atoms with E-state index in [1.165, 1.54) is 6.92 Å². The molecule has 134 valence electrons. The zero-order valence-corrected chi connectivity index (χ0v) is 14.9. The number of hydrogen-bond donors (Lipinski definition) is 1. The molecule has 5 nitrogen and oxygen atoms in total. The lowest BCUT2D eigenvalue weighted by Crippen LogP contribution is -2.25. The van der Waals surface area contributed by atoms with E-state index < -0.39 is 6.29 Å². The van der Waals surface area contributed by atoms with Gasteiger partial charge >= 0.3 is 5.97 Å². The van der Waals surface area contributed by atoms with E-state index in [0.717, 1.165) is 27.6 Å². The number of phenolic OH excluding ortho intramolecular Hbond substituents is 1. The molecular weight excluding hydrogens is 332 g/mol. The normalized spacial score (nSPS) is 14.2. The van der Waals surface area contributed by atoms with Crippen molar-refractivity contribution in [3.05, 3.63) is 65.7 Å². The topological polar surface area (TPSA) is 65.0 Å². The van der Waals surface area contributed by atoms with Crippen LogP contribution in [0, 0.1) is 6.92 Å². The molecule has 0 amide bonds. The Morgan fingerprint density at radius 2 is 1.81 bits per heavy atom. The largest absolute Gasteiger partial charge is 0.507 e. The average Bonchev–Trinajstić information content (AvgIpc) is 2.62. The van der Waals surface area contributed by atoms with Crippen LogP contribution in [0.2, 0.25) is 0 Å². The summed E-state index contributed by atoms with van der Waals surface area (Å²) in [5.74, 6) is 1.42. The van der Waals surface area contributed by atoms with Gasteiger partial charge in [-0.2, -0.15) is 0 Å². The lowest BCUT2D eigenvalue weighted by atomic mass is 10.0. The number of fused-ring (bicyclic) bond motifs is 2. The van der Waals surface area contributed by atoms with Crippen LogP contribution in [0.1, 0.15) is 24.3 Å². The summed E-state index contributed by atoms with van der Waals surface area (Å²) >= 11 is 0. The van der Waals surface area contributed by atoms with Gasteiger partial charge in [0.1, 0.15) is 22.8 Å².